The highest BCUT2D eigenvalue weighted by atomic mass is 35.5. The van der Waals surface area contributed by atoms with E-state index in [0.29, 0.717) is 106 Å². The molecular formula is C85H131Cl2F2N15O14S3. The SMILES string of the molecule is Cc1cc(N(C)C(N)=O)cc(C)c1/C=C/S(=O)(=O)N1CCC2(CC1)N=C(CCCCCCCCC=O)NC2=O.Cc1cc(N(C)C(N)=O)cc(C)c1CCS(=O)(=O)N1CCC2(CC1)N=C(CCCCCCCCC(F)F)NC2=O.Cc1cc(N(C)C(N)=O)cc(C)c1CCS(=O)(=O)N1CCC2(CC1)N=C(CCCCCCCCCO)NC2=O.ClCCl. The van der Waals surface area contributed by atoms with Crippen LogP contribution in [0.1, 0.15) is 243 Å². The van der Waals surface area contributed by atoms with Gasteiger partial charge in [0.05, 0.1) is 16.8 Å². The smallest absolute Gasteiger partial charge is 0.318 e. The zero-order valence-corrected chi connectivity index (χ0v) is 76.2. The van der Waals surface area contributed by atoms with Crippen molar-refractivity contribution in [3.05, 3.63) is 91.9 Å². The van der Waals surface area contributed by atoms with E-state index in [1.54, 1.807) is 39.4 Å². The molecule has 6 heterocycles. The first kappa shape index (κ1) is 102. The molecule has 0 saturated carbocycles. The number of nitrogens with zero attached hydrogens (tertiary/aromatic N) is 9. The van der Waals surface area contributed by atoms with E-state index in [-0.39, 0.29) is 86.9 Å². The Balaban J connectivity index is 0.000000276. The topological polar surface area (TPSA) is 413 Å². The number of aryl methyl sites for hydroxylation is 6. The maximum atomic E-state index is 13.2. The number of piperidine rings is 3. The van der Waals surface area contributed by atoms with Crippen LogP contribution in [0, 0.1) is 41.5 Å². The molecule has 676 valence electrons. The number of unbranched alkanes of at least 4 members (excludes halogenated alkanes) is 17. The normalized spacial score (nSPS) is 17.1. The number of carbonyl (C=O) groups excluding carboxylic acids is 7. The Morgan fingerprint density at radius 2 is 0.752 bits per heavy atom. The molecular weight excluding hydrogens is 1660 g/mol. The van der Waals surface area contributed by atoms with Crippen LogP contribution >= 0.6 is 23.2 Å². The van der Waals surface area contributed by atoms with Crippen molar-refractivity contribution in [3.63, 3.8) is 0 Å². The summed E-state index contributed by atoms with van der Waals surface area (Å²) in [5.41, 5.74) is 23.4. The van der Waals surface area contributed by atoms with Crippen LogP contribution in [-0.4, -0.2) is 210 Å². The van der Waals surface area contributed by atoms with Gasteiger partial charge in [-0.1, -0.05) is 83.5 Å². The van der Waals surface area contributed by atoms with Crippen molar-refractivity contribution in [1.82, 2.24) is 28.9 Å². The van der Waals surface area contributed by atoms with Gasteiger partial charge in [-0.2, -0.15) is 4.31 Å². The van der Waals surface area contributed by atoms with Crippen molar-refractivity contribution >= 4 is 136 Å². The molecule has 3 spiro atoms. The number of aldehydes is 1. The van der Waals surface area contributed by atoms with Crippen molar-refractivity contribution in [2.75, 3.05) is 98.6 Å². The zero-order valence-electron chi connectivity index (χ0n) is 72.2. The summed E-state index contributed by atoms with van der Waals surface area (Å²) in [6.45, 7) is 13.1. The van der Waals surface area contributed by atoms with E-state index >= 15 is 0 Å². The molecule has 36 heteroatoms. The first-order valence-electron chi connectivity index (χ1n) is 42.4. The van der Waals surface area contributed by atoms with Crippen LogP contribution < -0.4 is 47.9 Å². The highest BCUT2D eigenvalue weighted by Crippen LogP contribution is 2.37. The molecule has 0 bridgehead atoms. The molecule has 0 unspecified atom stereocenters. The van der Waals surface area contributed by atoms with Crippen LogP contribution in [0.5, 0.6) is 0 Å². The summed E-state index contributed by atoms with van der Waals surface area (Å²) in [6, 6.07) is 9.23. The molecule has 0 atom stereocenters. The predicted octanol–water partition coefficient (Wildman–Crippen LogP) is 12.8. The second kappa shape index (κ2) is 48.6. The number of aliphatic hydroxyl groups is 1. The predicted molar refractivity (Wildman–Crippen MR) is 479 cm³/mol. The van der Waals surface area contributed by atoms with Gasteiger partial charge in [0, 0.05) is 122 Å². The Hall–Kier alpha value is -7.57. The number of hydrogen-bond acceptors (Lipinski definition) is 17. The van der Waals surface area contributed by atoms with E-state index in [1.807, 2.05) is 65.8 Å². The number of aliphatic imine (C=N–C) groups is 3. The van der Waals surface area contributed by atoms with Crippen LogP contribution in [0.3, 0.4) is 0 Å². The van der Waals surface area contributed by atoms with Gasteiger partial charge >= 0.3 is 18.1 Å². The summed E-state index contributed by atoms with van der Waals surface area (Å²) in [5.74, 6) is 1.64. The van der Waals surface area contributed by atoms with Gasteiger partial charge in [-0.25, -0.2) is 57.0 Å². The molecule has 6 aliphatic heterocycles. The number of anilines is 3. The number of sulfonamides is 3. The quantitative estimate of drug-likeness (QED) is 0.0158. The number of halogens is 4. The van der Waals surface area contributed by atoms with Gasteiger partial charge in [-0.05, 0) is 224 Å². The number of primary amides is 3. The molecule has 0 aliphatic carbocycles. The van der Waals surface area contributed by atoms with E-state index in [0.717, 1.165) is 184 Å². The second-order valence-electron chi connectivity index (χ2n) is 32.5. The fourth-order valence-corrected chi connectivity index (χ4v) is 20.3. The number of benzene rings is 3. The average Bonchev–Trinajstić information content (AvgIpc) is 1.65. The van der Waals surface area contributed by atoms with Crippen LogP contribution in [0.4, 0.5) is 40.2 Å². The summed E-state index contributed by atoms with van der Waals surface area (Å²) < 4.78 is 108. The molecule has 0 radical (unpaired) electrons. The molecule has 9 amide bonds. The molecule has 3 aromatic carbocycles. The van der Waals surface area contributed by atoms with Gasteiger partial charge in [0.2, 0.25) is 36.5 Å². The van der Waals surface area contributed by atoms with Crippen LogP contribution in [0.2, 0.25) is 0 Å². The molecule has 121 heavy (non-hydrogen) atoms. The number of alkyl halides is 4. The van der Waals surface area contributed by atoms with Gasteiger partial charge in [0.25, 0.3) is 17.7 Å². The fourth-order valence-electron chi connectivity index (χ4n) is 16.2. The molecule has 3 aromatic rings. The van der Waals surface area contributed by atoms with Crippen LogP contribution in [0.15, 0.2) is 56.8 Å². The first-order chi connectivity index (χ1) is 57.2. The van der Waals surface area contributed by atoms with Gasteiger partial charge in [-0.3, -0.25) is 44.1 Å². The highest BCUT2D eigenvalue weighted by molar-refractivity contribution is 7.92. The third kappa shape index (κ3) is 30.4. The van der Waals surface area contributed by atoms with E-state index in [1.165, 1.54) is 33.0 Å². The number of hydrogen-bond donors (Lipinski definition) is 7. The monoisotopic (exact) mass is 1790 g/mol. The number of nitrogens with two attached hydrogens (primary N) is 3. The minimum Gasteiger partial charge on any atom is -0.396 e. The lowest BCUT2D eigenvalue weighted by Crippen LogP contribution is -2.50. The van der Waals surface area contributed by atoms with E-state index < -0.39 is 71.2 Å². The third-order valence-corrected chi connectivity index (χ3v) is 29.1. The van der Waals surface area contributed by atoms with Gasteiger partial charge in [0.15, 0.2) is 0 Å². The van der Waals surface area contributed by atoms with Gasteiger partial charge < -0.3 is 43.1 Å². The second-order valence-corrected chi connectivity index (χ2v) is 39.3. The third-order valence-electron chi connectivity index (χ3n) is 23.7. The summed E-state index contributed by atoms with van der Waals surface area (Å²) >= 11 is 9.53. The number of rotatable bonds is 41. The van der Waals surface area contributed by atoms with Gasteiger partial charge in [-0.15, -0.1) is 23.2 Å². The Morgan fingerprint density at radius 3 is 1.05 bits per heavy atom. The van der Waals surface area contributed by atoms with Gasteiger partial charge in [0.1, 0.15) is 40.4 Å². The van der Waals surface area contributed by atoms with Crippen molar-refractivity contribution in [1.29, 1.82) is 0 Å². The molecule has 0 aromatic heterocycles. The molecule has 10 N–H and O–H groups in total. The number of aliphatic hydroxyl groups excluding tert-OH is 1. The molecule has 29 nitrogen and oxygen atoms in total. The summed E-state index contributed by atoms with van der Waals surface area (Å²) in [6.07, 6.45) is 24.6. The lowest BCUT2D eigenvalue weighted by atomic mass is 9.89. The molecule has 6 aliphatic rings. The van der Waals surface area contributed by atoms with Crippen LogP contribution in [0.25, 0.3) is 6.08 Å². The van der Waals surface area contributed by atoms with E-state index in [4.69, 9.17) is 60.5 Å². The Kier molecular flexibility index (Phi) is 41.1. The van der Waals surface area contributed by atoms with Crippen LogP contribution in [-0.2, 0) is 62.1 Å². The summed E-state index contributed by atoms with van der Waals surface area (Å²) in [7, 11) is -5.96. The highest BCUT2D eigenvalue weighted by Gasteiger charge is 2.50. The minimum atomic E-state index is -3.69. The number of urea groups is 3. The van der Waals surface area contributed by atoms with E-state index in [9.17, 15) is 67.6 Å². The standard InChI is InChI=1S/C28H43F2N5O4S.C28H45N5O5S.C28H41N5O5S.CH2Cl2/c1-20-18-22(34(3)27(31)37)19-21(2)23(20)12-17-40(38,39)35-15-13-28(14-16-35)26(36)32-25(33-28)11-9-7-5-4-6-8-10-24(29)30;2*1-21-19-23(32(3)27(29)36)20-22(2)24(21)12-18-39(37,38)33-15-13-28(14-16-33)26(35)30-25(31-28)11-9-7-5-4-6-8-10-17-34;2-1-3/h18-19,24H,4-17H2,1-3H3,(H2,31,37)(H,32,33,36);19-20,34H,4-18H2,1-3H3,(H2,29,36)(H,30,31,35);12,17-20H,4-11,13-16H2,1-3H3,(H2,29,36)(H,30,31,35);1H2/b;;18-12+;. The van der Waals surface area contributed by atoms with E-state index in [2.05, 4.69) is 16.0 Å². The minimum absolute atomic E-state index is 0.0204. The fraction of sp³-hybridized carbons (Fsp3) is 0.647. The molecule has 3 saturated heterocycles. The maximum Gasteiger partial charge on any atom is 0.318 e. The van der Waals surface area contributed by atoms with Crippen molar-refractivity contribution < 1.29 is 72.7 Å². The Labute approximate surface area is 725 Å². The molecule has 3 fully saturated rings. The number of nitrogens with one attached hydrogen (secondary N) is 3. The first-order valence-corrected chi connectivity index (χ1v) is 48.2. The Bertz CT molecular complexity index is 4440. The summed E-state index contributed by atoms with van der Waals surface area (Å²) in [4.78, 5) is 101. The van der Waals surface area contributed by atoms with Crippen molar-refractivity contribution in [2.45, 2.75) is 270 Å². The maximum absolute atomic E-state index is 13.2. The van der Waals surface area contributed by atoms with Crippen molar-refractivity contribution in [2.24, 2.45) is 32.2 Å². The van der Waals surface area contributed by atoms with Crippen molar-refractivity contribution in [3.8, 4) is 0 Å². The number of carbonyl (C=O) groups is 7. The average molecular weight is 1790 g/mol. The lowest BCUT2D eigenvalue weighted by molar-refractivity contribution is -0.125. The largest absolute Gasteiger partial charge is 0.396 e. The molecule has 9 rings (SSSR count). The zero-order chi connectivity index (χ0) is 89.5. The lowest BCUT2D eigenvalue weighted by Gasteiger charge is -2.34. The Morgan fingerprint density at radius 1 is 0.471 bits per heavy atom. The number of amidine groups is 3. The summed E-state index contributed by atoms with van der Waals surface area (Å²) in [5, 5.41) is 19.0. The number of amides is 9.